The first-order valence-corrected chi connectivity index (χ1v) is 9.87. The third-order valence-corrected chi connectivity index (χ3v) is 5.66. The molecule has 6 rings (SSSR count). The average molecular weight is 406 g/mol. The van der Waals surface area contributed by atoms with Crippen LogP contribution in [0.5, 0.6) is 0 Å². The molecule has 1 saturated heterocycles. The van der Waals surface area contributed by atoms with Gasteiger partial charge in [0.1, 0.15) is 6.33 Å². The first kappa shape index (κ1) is 16.6. The Morgan fingerprint density at radius 3 is 2.62 bits per heavy atom. The largest absolute Gasteiger partial charge is 0.355 e. The van der Waals surface area contributed by atoms with Crippen molar-refractivity contribution >= 4 is 45.0 Å². The van der Waals surface area contributed by atoms with E-state index in [-0.39, 0.29) is 0 Å². The van der Waals surface area contributed by atoms with Crippen molar-refractivity contribution in [3.05, 3.63) is 47.9 Å². The molecule has 5 aromatic rings. The summed E-state index contributed by atoms with van der Waals surface area (Å²) in [5.74, 6) is 1.55. The summed E-state index contributed by atoms with van der Waals surface area (Å²) in [7, 11) is 0. The molecule has 0 aliphatic carbocycles. The molecule has 0 saturated carbocycles. The third kappa shape index (κ3) is 2.54. The molecule has 1 fully saturated rings. The van der Waals surface area contributed by atoms with Crippen molar-refractivity contribution in [3.63, 3.8) is 0 Å². The second-order valence-electron chi connectivity index (χ2n) is 7.12. The highest BCUT2D eigenvalue weighted by Crippen LogP contribution is 2.26. The average Bonchev–Trinajstić information content (AvgIpc) is 3.50. The Morgan fingerprint density at radius 1 is 0.931 bits per heavy atom. The maximum Gasteiger partial charge on any atom is 0.185 e. The maximum atomic E-state index is 6.40. The van der Waals surface area contributed by atoms with E-state index in [9.17, 15) is 0 Å². The molecule has 1 aliphatic rings. The molecule has 0 amide bonds. The minimum Gasteiger partial charge on any atom is -0.355 e. The molecule has 5 heterocycles. The summed E-state index contributed by atoms with van der Waals surface area (Å²) in [6.07, 6.45) is 5.72. The van der Waals surface area contributed by atoms with Gasteiger partial charge in [0.05, 0.1) is 12.9 Å². The molecule has 0 unspecified atom stereocenters. The predicted molar refractivity (Wildman–Crippen MR) is 109 cm³/mol. The van der Waals surface area contributed by atoms with Crippen LogP contribution < -0.4 is 4.90 Å². The van der Waals surface area contributed by atoms with Gasteiger partial charge in [0, 0.05) is 23.9 Å². The molecule has 29 heavy (non-hydrogen) atoms. The molecule has 4 aromatic heterocycles. The van der Waals surface area contributed by atoms with E-state index >= 15 is 0 Å². The summed E-state index contributed by atoms with van der Waals surface area (Å²) >= 11 is 6.40. The van der Waals surface area contributed by atoms with E-state index in [0.717, 1.165) is 40.8 Å². The fourth-order valence-electron chi connectivity index (χ4n) is 3.98. The van der Waals surface area contributed by atoms with Gasteiger partial charge in [-0.2, -0.15) is 9.61 Å². The van der Waals surface area contributed by atoms with E-state index in [0.29, 0.717) is 23.2 Å². The number of halogens is 1. The minimum absolute atomic E-state index is 0.420. The van der Waals surface area contributed by atoms with Gasteiger partial charge in [-0.15, -0.1) is 10.2 Å². The number of rotatable bonds is 3. The van der Waals surface area contributed by atoms with Crippen molar-refractivity contribution in [2.75, 3.05) is 18.0 Å². The van der Waals surface area contributed by atoms with Crippen molar-refractivity contribution in [2.24, 2.45) is 0 Å². The lowest BCUT2D eigenvalue weighted by atomic mass is 10.2. The molecular weight excluding hydrogens is 390 g/mol. The fourth-order valence-corrected chi connectivity index (χ4v) is 4.22. The van der Waals surface area contributed by atoms with Gasteiger partial charge in [0.15, 0.2) is 33.6 Å². The Morgan fingerprint density at radius 2 is 1.76 bits per heavy atom. The SMILES string of the molecule is Clc1nn2c(Cn3cnc4c(N5CCCC5)ncnc43)nnc2c2ccccc12. The highest BCUT2D eigenvalue weighted by atomic mass is 35.5. The van der Waals surface area contributed by atoms with E-state index < -0.39 is 0 Å². The predicted octanol–water partition coefficient (Wildman–Crippen LogP) is 2.72. The van der Waals surface area contributed by atoms with Gasteiger partial charge in [-0.1, -0.05) is 35.9 Å². The molecule has 144 valence electrons. The normalized spacial score (nSPS) is 14.6. The van der Waals surface area contributed by atoms with Crippen LogP contribution >= 0.6 is 11.6 Å². The van der Waals surface area contributed by atoms with Crippen LogP contribution in [0.2, 0.25) is 5.15 Å². The Hall–Kier alpha value is -3.33. The van der Waals surface area contributed by atoms with Crippen LogP contribution in [0.25, 0.3) is 27.6 Å². The molecule has 0 N–H and O–H groups in total. The highest BCUT2D eigenvalue weighted by Gasteiger charge is 2.20. The minimum atomic E-state index is 0.420. The number of imidazole rings is 1. The van der Waals surface area contributed by atoms with Crippen LogP contribution in [0.4, 0.5) is 5.82 Å². The van der Waals surface area contributed by atoms with Crippen molar-refractivity contribution in [1.29, 1.82) is 0 Å². The summed E-state index contributed by atoms with van der Waals surface area (Å²) < 4.78 is 3.64. The monoisotopic (exact) mass is 405 g/mol. The van der Waals surface area contributed by atoms with Crippen LogP contribution in [0.3, 0.4) is 0 Å². The van der Waals surface area contributed by atoms with Gasteiger partial charge in [-0.25, -0.2) is 15.0 Å². The van der Waals surface area contributed by atoms with Crippen molar-refractivity contribution < 1.29 is 0 Å². The zero-order valence-corrected chi connectivity index (χ0v) is 16.2. The first-order valence-electron chi connectivity index (χ1n) is 9.49. The van der Waals surface area contributed by atoms with E-state index in [2.05, 4.69) is 35.1 Å². The van der Waals surface area contributed by atoms with Gasteiger partial charge >= 0.3 is 0 Å². The van der Waals surface area contributed by atoms with E-state index in [1.54, 1.807) is 17.2 Å². The van der Waals surface area contributed by atoms with E-state index in [4.69, 9.17) is 11.6 Å². The van der Waals surface area contributed by atoms with Crippen molar-refractivity contribution in [1.82, 2.24) is 39.3 Å². The molecule has 0 radical (unpaired) electrons. The molecule has 0 bridgehead atoms. The Labute approximate surface area is 170 Å². The second kappa shape index (κ2) is 6.35. The van der Waals surface area contributed by atoms with Crippen molar-refractivity contribution in [3.8, 4) is 0 Å². The smallest absolute Gasteiger partial charge is 0.185 e. The Bertz CT molecular complexity index is 1370. The number of hydrogen-bond donors (Lipinski definition) is 0. The molecule has 0 spiro atoms. The maximum absolute atomic E-state index is 6.40. The molecule has 0 atom stereocenters. The molecule has 1 aliphatic heterocycles. The number of benzene rings is 1. The van der Waals surface area contributed by atoms with Gasteiger partial charge in [0.25, 0.3) is 0 Å². The number of hydrogen-bond acceptors (Lipinski definition) is 7. The summed E-state index contributed by atoms with van der Waals surface area (Å²) in [6.45, 7) is 2.43. The van der Waals surface area contributed by atoms with Gasteiger partial charge in [-0.05, 0) is 12.8 Å². The zero-order valence-electron chi connectivity index (χ0n) is 15.4. The molecule has 9 nitrogen and oxygen atoms in total. The quantitative estimate of drug-likeness (QED) is 0.455. The summed E-state index contributed by atoms with van der Waals surface area (Å²) in [5, 5.41) is 15.4. The summed E-state index contributed by atoms with van der Waals surface area (Å²) in [4.78, 5) is 15.8. The Kier molecular flexibility index (Phi) is 3.63. The lowest BCUT2D eigenvalue weighted by molar-refractivity contribution is 0.718. The summed E-state index contributed by atoms with van der Waals surface area (Å²) in [5.41, 5.74) is 2.25. The molecule has 10 heteroatoms. The molecule has 1 aromatic carbocycles. The van der Waals surface area contributed by atoms with Crippen LogP contribution in [0.15, 0.2) is 36.9 Å². The third-order valence-electron chi connectivity index (χ3n) is 5.38. The lowest BCUT2D eigenvalue weighted by Crippen LogP contribution is -2.19. The second-order valence-corrected chi connectivity index (χ2v) is 7.48. The van der Waals surface area contributed by atoms with Crippen LogP contribution in [-0.2, 0) is 6.54 Å². The van der Waals surface area contributed by atoms with E-state index in [1.165, 1.54) is 12.8 Å². The van der Waals surface area contributed by atoms with Crippen LogP contribution in [0, 0.1) is 0 Å². The van der Waals surface area contributed by atoms with Gasteiger partial charge in [0.2, 0.25) is 0 Å². The van der Waals surface area contributed by atoms with Gasteiger partial charge < -0.3 is 9.47 Å². The van der Waals surface area contributed by atoms with Crippen LogP contribution in [0.1, 0.15) is 18.7 Å². The number of anilines is 1. The number of aromatic nitrogens is 8. The van der Waals surface area contributed by atoms with Crippen LogP contribution in [-0.4, -0.2) is 52.4 Å². The van der Waals surface area contributed by atoms with Gasteiger partial charge in [-0.3, -0.25) is 0 Å². The lowest BCUT2D eigenvalue weighted by Gasteiger charge is -2.15. The molecular formula is C19H16ClN9. The fraction of sp³-hybridized carbons (Fsp3) is 0.263. The summed E-state index contributed by atoms with van der Waals surface area (Å²) in [6, 6.07) is 7.78. The highest BCUT2D eigenvalue weighted by molar-refractivity contribution is 6.34. The standard InChI is InChI=1S/C19H16ClN9/c20-16-12-5-1-2-6-13(12)17-25-24-14(29(17)26-16)9-28-11-23-15-18(21-10-22-19(15)28)27-7-3-4-8-27/h1-2,5-6,10-11H,3-4,7-9H2. The topological polar surface area (TPSA) is 89.9 Å². The first-order chi connectivity index (χ1) is 14.3. The van der Waals surface area contributed by atoms with Crippen molar-refractivity contribution in [2.45, 2.75) is 19.4 Å². The zero-order chi connectivity index (χ0) is 19.4. The number of nitrogens with zero attached hydrogens (tertiary/aromatic N) is 9. The Balaban J connectivity index is 1.45. The van der Waals surface area contributed by atoms with E-state index in [1.807, 2.05) is 28.8 Å². The number of fused-ring (bicyclic) bond motifs is 4.